The average Bonchev–Trinajstić information content (AvgIpc) is 2.91. The van der Waals surface area contributed by atoms with Crippen molar-refractivity contribution < 1.29 is 9.53 Å². The van der Waals surface area contributed by atoms with Gasteiger partial charge < -0.3 is 10.5 Å². The van der Waals surface area contributed by atoms with E-state index in [2.05, 4.69) is 26.1 Å². The summed E-state index contributed by atoms with van der Waals surface area (Å²) in [6, 6.07) is 0. The summed E-state index contributed by atoms with van der Waals surface area (Å²) in [6.07, 6.45) is 3.03. The fraction of sp³-hybridized carbons (Fsp3) is 0.364. The van der Waals surface area contributed by atoms with Crippen molar-refractivity contribution in [2.24, 2.45) is 7.05 Å². The van der Waals surface area contributed by atoms with Crippen molar-refractivity contribution in [2.75, 3.05) is 19.5 Å². The van der Waals surface area contributed by atoms with E-state index in [-0.39, 0.29) is 5.78 Å². The molecule has 2 N–H and O–H groups in total. The second-order valence-corrected chi connectivity index (χ2v) is 4.81. The highest BCUT2D eigenvalue weighted by Gasteiger charge is 2.22. The van der Waals surface area contributed by atoms with E-state index < -0.39 is 0 Å². The Kier molecular flexibility index (Phi) is 4.01. The summed E-state index contributed by atoms with van der Waals surface area (Å²) in [5.74, 6) is 0.113. The summed E-state index contributed by atoms with van der Waals surface area (Å²) in [7, 11) is 3.28. The predicted octanol–water partition coefficient (Wildman–Crippen LogP) is 0.839. The molecule has 0 fully saturated rings. The Labute approximate surface area is 118 Å². The molecule has 2 aromatic rings. The minimum atomic E-state index is -0.217. The third kappa shape index (κ3) is 2.54. The van der Waals surface area contributed by atoms with Gasteiger partial charge in [0.05, 0.1) is 35.6 Å². The van der Waals surface area contributed by atoms with E-state index in [1.54, 1.807) is 25.0 Å². The molecule has 0 unspecified atom stereocenters. The molecule has 0 radical (unpaired) electrons. The Bertz CT molecular complexity index is 604. The molecule has 8 heteroatoms. The number of aromatic nitrogens is 4. The van der Waals surface area contributed by atoms with Crippen LogP contribution in [0.1, 0.15) is 16.1 Å². The summed E-state index contributed by atoms with van der Waals surface area (Å²) >= 11 is 3.33. The maximum absolute atomic E-state index is 12.5. The van der Waals surface area contributed by atoms with Gasteiger partial charge >= 0.3 is 0 Å². The van der Waals surface area contributed by atoms with Gasteiger partial charge in [-0.3, -0.25) is 14.2 Å². The molecule has 0 spiro atoms. The number of carbonyl (C=O) groups is 1. The highest BCUT2D eigenvalue weighted by atomic mass is 79.9. The van der Waals surface area contributed by atoms with E-state index in [9.17, 15) is 4.79 Å². The number of aryl methyl sites for hydroxylation is 1. The Balaban J connectivity index is 2.38. The fourth-order valence-electron chi connectivity index (χ4n) is 1.69. The van der Waals surface area contributed by atoms with Crippen molar-refractivity contribution in [3.63, 3.8) is 0 Å². The number of carbonyl (C=O) groups excluding carboxylic acids is 1. The lowest BCUT2D eigenvalue weighted by Crippen LogP contribution is -2.15. The second-order valence-electron chi connectivity index (χ2n) is 3.95. The molecule has 2 rings (SSSR count). The van der Waals surface area contributed by atoms with Crippen LogP contribution in [0.15, 0.2) is 16.9 Å². The van der Waals surface area contributed by atoms with Gasteiger partial charge in [-0.1, -0.05) is 0 Å². The monoisotopic (exact) mass is 327 g/mol. The van der Waals surface area contributed by atoms with Crippen molar-refractivity contribution >= 4 is 27.5 Å². The summed E-state index contributed by atoms with van der Waals surface area (Å²) in [6.45, 7) is 0.959. The lowest BCUT2D eigenvalue weighted by molar-refractivity contribution is 0.102. The molecule has 0 saturated heterocycles. The number of nitrogens with two attached hydrogens (primary N) is 1. The van der Waals surface area contributed by atoms with Gasteiger partial charge in [0.1, 0.15) is 11.5 Å². The van der Waals surface area contributed by atoms with Crippen molar-refractivity contribution in [2.45, 2.75) is 6.54 Å². The van der Waals surface area contributed by atoms with Crippen LogP contribution in [0.3, 0.4) is 0 Å². The van der Waals surface area contributed by atoms with Gasteiger partial charge in [0, 0.05) is 14.2 Å². The molecule has 0 saturated carbocycles. The van der Waals surface area contributed by atoms with Crippen molar-refractivity contribution in [1.29, 1.82) is 0 Å². The molecule has 0 aromatic carbocycles. The zero-order chi connectivity index (χ0) is 14.0. The Morgan fingerprint density at radius 1 is 1.47 bits per heavy atom. The molecule has 0 aliphatic heterocycles. The minimum Gasteiger partial charge on any atom is -0.383 e. The second kappa shape index (κ2) is 5.54. The molecule has 0 aliphatic carbocycles. The van der Waals surface area contributed by atoms with Crippen LogP contribution in [-0.2, 0) is 18.3 Å². The van der Waals surface area contributed by atoms with Gasteiger partial charge in [0.15, 0.2) is 0 Å². The number of nitrogens with zero attached hydrogens (tertiary/aromatic N) is 4. The van der Waals surface area contributed by atoms with Crippen LogP contribution in [-0.4, -0.2) is 39.1 Å². The third-order valence-corrected chi connectivity index (χ3v) is 3.33. The Hall–Kier alpha value is -1.67. The molecular formula is C11H14BrN5O2. The number of halogens is 1. The van der Waals surface area contributed by atoms with E-state index in [4.69, 9.17) is 10.5 Å². The minimum absolute atomic E-state index is 0.217. The van der Waals surface area contributed by atoms with Crippen LogP contribution in [0.2, 0.25) is 0 Å². The summed E-state index contributed by atoms with van der Waals surface area (Å²) < 4.78 is 8.66. The molecule has 2 heterocycles. The number of rotatable bonds is 5. The van der Waals surface area contributed by atoms with Crippen molar-refractivity contribution in [1.82, 2.24) is 19.6 Å². The first-order valence-corrected chi connectivity index (χ1v) is 6.38. The number of ketones is 1. The molecule has 0 bridgehead atoms. The number of hydrogen-bond acceptors (Lipinski definition) is 5. The zero-order valence-electron chi connectivity index (χ0n) is 10.6. The first-order valence-electron chi connectivity index (χ1n) is 5.58. The molecule has 7 nitrogen and oxygen atoms in total. The molecule has 0 amide bonds. The molecule has 0 aliphatic rings. The Morgan fingerprint density at radius 3 is 2.79 bits per heavy atom. The van der Waals surface area contributed by atoms with E-state index in [0.29, 0.717) is 34.7 Å². The van der Waals surface area contributed by atoms with Crippen LogP contribution in [0, 0.1) is 0 Å². The number of anilines is 1. The van der Waals surface area contributed by atoms with Gasteiger partial charge in [0.2, 0.25) is 5.78 Å². The van der Waals surface area contributed by atoms with Gasteiger partial charge in [-0.25, -0.2) is 0 Å². The topological polar surface area (TPSA) is 88.0 Å². The van der Waals surface area contributed by atoms with Gasteiger partial charge in [-0.2, -0.15) is 10.2 Å². The van der Waals surface area contributed by atoms with Crippen LogP contribution in [0.25, 0.3) is 0 Å². The van der Waals surface area contributed by atoms with Crippen molar-refractivity contribution in [3.8, 4) is 0 Å². The molecule has 0 atom stereocenters. The van der Waals surface area contributed by atoms with Crippen LogP contribution in [0.5, 0.6) is 0 Å². The van der Waals surface area contributed by atoms with Gasteiger partial charge in [0.25, 0.3) is 0 Å². The smallest absolute Gasteiger partial charge is 0.217 e. The van der Waals surface area contributed by atoms with Crippen LogP contribution >= 0.6 is 15.9 Å². The van der Waals surface area contributed by atoms with E-state index >= 15 is 0 Å². The van der Waals surface area contributed by atoms with E-state index in [1.165, 1.54) is 10.9 Å². The maximum Gasteiger partial charge on any atom is 0.217 e. The summed E-state index contributed by atoms with van der Waals surface area (Å²) in [4.78, 5) is 12.5. The first kappa shape index (κ1) is 13.8. The lowest BCUT2D eigenvalue weighted by Gasteiger charge is -2.06. The number of nitrogen functional groups attached to an aromatic ring is 1. The van der Waals surface area contributed by atoms with Crippen molar-refractivity contribution in [3.05, 3.63) is 28.1 Å². The third-order valence-electron chi connectivity index (χ3n) is 2.75. The maximum atomic E-state index is 12.5. The quantitative estimate of drug-likeness (QED) is 0.822. The highest BCUT2D eigenvalue weighted by Crippen LogP contribution is 2.22. The molecule has 2 aromatic heterocycles. The Morgan fingerprint density at radius 2 is 2.21 bits per heavy atom. The number of methoxy groups -OCH3 is 1. The largest absolute Gasteiger partial charge is 0.383 e. The summed E-state index contributed by atoms with van der Waals surface area (Å²) in [5.41, 5.74) is 6.62. The number of ether oxygens (including phenoxy) is 1. The summed E-state index contributed by atoms with van der Waals surface area (Å²) in [5, 5.41) is 8.11. The molecular weight excluding hydrogens is 314 g/mol. The normalized spacial score (nSPS) is 10.9. The average molecular weight is 328 g/mol. The van der Waals surface area contributed by atoms with E-state index in [0.717, 1.165) is 0 Å². The predicted molar refractivity (Wildman–Crippen MR) is 72.9 cm³/mol. The zero-order valence-corrected chi connectivity index (χ0v) is 12.2. The van der Waals surface area contributed by atoms with Crippen LogP contribution in [0.4, 0.5) is 5.82 Å². The molecule has 102 valence electrons. The SMILES string of the molecule is COCCn1ncc(Br)c1C(=O)c1cnn(C)c1N. The first-order chi connectivity index (χ1) is 9.06. The van der Waals surface area contributed by atoms with Gasteiger partial charge in [-0.15, -0.1) is 0 Å². The highest BCUT2D eigenvalue weighted by molar-refractivity contribution is 9.10. The standard InChI is InChI=1S/C11H14BrN5O2/c1-16-11(13)7(5-14-16)10(18)9-8(12)6-15-17(9)3-4-19-2/h5-6H,3-4,13H2,1-2H3. The molecule has 19 heavy (non-hydrogen) atoms. The fourth-order valence-corrected chi connectivity index (χ4v) is 2.16. The van der Waals surface area contributed by atoms with Crippen LogP contribution < -0.4 is 5.73 Å². The van der Waals surface area contributed by atoms with E-state index in [1.807, 2.05) is 0 Å². The van der Waals surface area contributed by atoms with Gasteiger partial charge in [-0.05, 0) is 15.9 Å². The lowest BCUT2D eigenvalue weighted by atomic mass is 10.1. The number of hydrogen-bond donors (Lipinski definition) is 1.